The lowest BCUT2D eigenvalue weighted by atomic mass is 9.97. The minimum Gasteiger partial charge on any atom is -0.325 e. The second-order valence-corrected chi connectivity index (χ2v) is 3.77. The van der Waals surface area contributed by atoms with E-state index in [0.717, 1.165) is 11.4 Å². The number of rotatable bonds is 3. The average molecular weight is 213 g/mol. The summed E-state index contributed by atoms with van der Waals surface area (Å²) in [6, 6.07) is 12.3. The molecule has 0 spiro atoms. The summed E-state index contributed by atoms with van der Waals surface area (Å²) in [5.41, 5.74) is 8.72. The minimum absolute atomic E-state index is 0.273. The van der Waals surface area contributed by atoms with Crippen molar-refractivity contribution in [2.45, 2.75) is 19.4 Å². The van der Waals surface area contributed by atoms with Crippen molar-refractivity contribution in [2.75, 3.05) is 0 Å². The summed E-state index contributed by atoms with van der Waals surface area (Å²) >= 11 is 0. The Bertz CT molecular complexity index is 454. The lowest BCUT2D eigenvalue weighted by Gasteiger charge is -2.11. The molecular weight excluding hydrogens is 198 g/mol. The second kappa shape index (κ2) is 4.86. The maximum absolute atomic E-state index is 5.57. The third-order valence-electron chi connectivity index (χ3n) is 2.70. The molecular formula is C13H15N3. The minimum atomic E-state index is 0.273. The molecule has 0 amide bonds. The highest BCUT2D eigenvalue weighted by Crippen LogP contribution is 2.21. The van der Waals surface area contributed by atoms with Gasteiger partial charge in [-0.2, -0.15) is 0 Å². The van der Waals surface area contributed by atoms with E-state index in [2.05, 4.69) is 29.0 Å². The van der Waals surface area contributed by atoms with Crippen LogP contribution >= 0.6 is 0 Å². The Labute approximate surface area is 95.4 Å². The van der Waals surface area contributed by atoms with Gasteiger partial charge in [-0.3, -0.25) is 0 Å². The van der Waals surface area contributed by atoms with E-state index in [9.17, 15) is 0 Å². The molecule has 1 heterocycles. The van der Waals surface area contributed by atoms with E-state index in [1.165, 1.54) is 5.56 Å². The van der Waals surface area contributed by atoms with Crippen LogP contribution in [0.1, 0.15) is 29.8 Å². The van der Waals surface area contributed by atoms with E-state index < -0.39 is 0 Å². The molecule has 3 heteroatoms. The summed E-state index contributed by atoms with van der Waals surface area (Å²) in [6.07, 6.45) is 1.58. The van der Waals surface area contributed by atoms with Crippen LogP contribution in [0.25, 0.3) is 0 Å². The SMILES string of the molecule is C[C@@H](c1ccccc1)c1cc(CN)ncn1. The molecule has 1 aromatic heterocycles. The van der Waals surface area contributed by atoms with Gasteiger partial charge < -0.3 is 5.73 Å². The highest BCUT2D eigenvalue weighted by atomic mass is 14.9. The maximum atomic E-state index is 5.57. The van der Waals surface area contributed by atoms with Crippen molar-refractivity contribution >= 4 is 0 Å². The Balaban J connectivity index is 2.30. The number of hydrogen-bond acceptors (Lipinski definition) is 3. The van der Waals surface area contributed by atoms with Gasteiger partial charge in [0.1, 0.15) is 6.33 Å². The van der Waals surface area contributed by atoms with Crippen molar-refractivity contribution in [3.05, 3.63) is 59.7 Å². The van der Waals surface area contributed by atoms with Gasteiger partial charge >= 0.3 is 0 Å². The first-order chi connectivity index (χ1) is 7.81. The van der Waals surface area contributed by atoms with E-state index in [4.69, 9.17) is 5.73 Å². The fourth-order valence-electron chi connectivity index (χ4n) is 1.68. The summed E-state index contributed by atoms with van der Waals surface area (Å²) in [5, 5.41) is 0. The zero-order valence-electron chi connectivity index (χ0n) is 9.30. The lowest BCUT2D eigenvalue weighted by Crippen LogP contribution is -2.05. The van der Waals surface area contributed by atoms with Crippen LogP contribution in [-0.4, -0.2) is 9.97 Å². The predicted octanol–water partition coefficient (Wildman–Crippen LogP) is 2.09. The molecule has 0 radical (unpaired) electrons. The number of nitrogens with zero attached hydrogens (tertiary/aromatic N) is 2. The highest BCUT2D eigenvalue weighted by Gasteiger charge is 2.09. The van der Waals surface area contributed by atoms with E-state index in [-0.39, 0.29) is 5.92 Å². The molecule has 2 N–H and O–H groups in total. The molecule has 0 fully saturated rings. The van der Waals surface area contributed by atoms with Gasteiger partial charge in [0.25, 0.3) is 0 Å². The van der Waals surface area contributed by atoms with Crippen LogP contribution in [0.5, 0.6) is 0 Å². The van der Waals surface area contributed by atoms with Gasteiger partial charge in [0.15, 0.2) is 0 Å². The molecule has 2 rings (SSSR count). The van der Waals surface area contributed by atoms with Crippen molar-refractivity contribution in [2.24, 2.45) is 5.73 Å². The van der Waals surface area contributed by atoms with Gasteiger partial charge in [0.05, 0.1) is 11.4 Å². The van der Waals surface area contributed by atoms with Crippen LogP contribution < -0.4 is 5.73 Å². The molecule has 0 bridgehead atoms. The van der Waals surface area contributed by atoms with Crippen LogP contribution in [-0.2, 0) is 6.54 Å². The predicted molar refractivity (Wildman–Crippen MR) is 63.9 cm³/mol. The molecule has 0 aliphatic carbocycles. The van der Waals surface area contributed by atoms with Crippen LogP contribution in [0.15, 0.2) is 42.7 Å². The largest absolute Gasteiger partial charge is 0.325 e. The molecule has 0 unspecified atom stereocenters. The second-order valence-electron chi connectivity index (χ2n) is 3.77. The van der Waals surface area contributed by atoms with E-state index >= 15 is 0 Å². The van der Waals surface area contributed by atoms with Crippen molar-refractivity contribution in [1.29, 1.82) is 0 Å². The lowest BCUT2D eigenvalue weighted by molar-refractivity contribution is 0.838. The summed E-state index contributed by atoms with van der Waals surface area (Å²) in [7, 11) is 0. The molecule has 0 aliphatic heterocycles. The number of aromatic nitrogens is 2. The fourth-order valence-corrected chi connectivity index (χ4v) is 1.68. The van der Waals surface area contributed by atoms with Crippen LogP contribution in [0.2, 0.25) is 0 Å². The van der Waals surface area contributed by atoms with Gasteiger partial charge in [0.2, 0.25) is 0 Å². The molecule has 0 saturated heterocycles. The molecule has 16 heavy (non-hydrogen) atoms. The van der Waals surface area contributed by atoms with Gasteiger partial charge in [-0.15, -0.1) is 0 Å². The Morgan fingerprint density at radius 3 is 2.62 bits per heavy atom. The average Bonchev–Trinajstić information content (AvgIpc) is 2.39. The van der Waals surface area contributed by atoms with Crippen molar-refractivity contribution in [3.8, 4) is 0 Å². The van der Waals surface area contributed by atoms with Gasteiger partial charge in [0, 0.05) is 12.5 Å². The monoisotopic (exact) mass is 213 g/mol. The number of hydrogen-bond donors (Lipinski definition) is 1. The molecule has 0 saturated carbocycles. The molecule has 3 nitrogen and oxygen atoms in total. The standard InChI is InChI=1S/C13H15N3/c1-10(11-5-3-2-4-6-11)13-7-12(8-14)15-9-16-13/h2-7,9-10H,8,14H2,1H3/t10-/m0/s1. The number of nitrogens with two attached hydrogens (primary N) is 1. The highest BCUT2D eigenvalue weighted by molar-refractivity contribution is 5.27. The molecule has 82 valence electrons. The third-order valence-corrected chi connectivity index (χ3v) is 2.70. The number of benzene rings is 1. The van der Waals surface area contributed by atoms with Gasteiger partial charge in [-0.05, 0) is 11.6 Å². The van der Waals surface area contributed by atoms with Gasteiger partial charge in [-0.25, -0.2) is 9.97 Å². The quantitative estimate of drug-likeness (QED) is 0.849. The first-order valence-corrected chi connectivity index (χ1v) is 5.37. The first kappa shape index (κ1) is 10.8. The topological polar surface area (TPSA) is 51.8 Å². The normalized spacial score (nSPS) is 12.4. The first-order valence-electron chi connectivity index (χ1n) is 5.37. The molecule has 1 atom stereocenters. The Morgan fingerprint density at radius 2 is 1.94 bits per heavy atom. The molecule has 1 aromatic carbocycles. The van der Waals surface area contributed by atoms with E-state index in [0.29, 0.717) is 6.54 Å². The summed E-state index contributed by atoms with van der Waals surface area (Å²) in [5.74, 6) is 0.273. The zero-order valence-corrected chi connectivity index (χ0v) is 9.30. The fraction of sp³-hybridized carbons (Fsp3) is 0.231. The molecule has 0 aliphatic rings. The van der Waals surface area contributed by atoms with E-state index in [1.54, 1.807) is 6.33 Å². The summed E-state index contributed by atoms with van der Waals surface area (Å²) in [6.45, 7) is 2.59. The Hall–Kier alpha value is -1.74. The third kappa shape index (κ3) is 2.25. The van der Waals surface area contributed by atoms with Crippen molar-refractivity contribution < 1.29 is 0 Å². The summed E-state index contributed by atoms with van der Waals surface area (Å²) < 4.78 is 0. The van der Waals surface area contributed by atoms with E-state index in [1.807, 2.05) is 24.3 Å². The van der Waals surface area contributed by atoms with Crippen LogP contribution in [0.3, 0.4) is 0 Å². The maximum Gasteiger partial charge on any atom is 0.116 e. The summed E-state index contributed by atoms with van der Waals surface area (Å²) in [4.78, 5) is 8.39. The Kier molecular flexibility index (Phi) is 3.27. The zero-order chi connectivity index (χ0) is 11.4. The van der Waals surface area contributed by atoms with Crippen molar-refractivity contribution in [1.82, 2.24) is 9.97 Å². The Morgan fingerprint density at radius 1 is 1.19 bits per heavy atom. The van der Waals surface area contributed by atoms with Crippen LogP contribution in [0.4, 0.5) is 0 Å². The molecule has 2 aromatic rings. The van der Waals surface area contributed by atoms with Crippen molar-refractivity contribution in [3.63, 3.8) is 0 Å². The van der Waals surface area contributed by atoms with Crippen LogP contribution in [0, 0.1) is 0 Å². The smallest absolute Gasteiger partial charge is 0.116 e. The van der Waals surface area contributed by atoms with Gasteiger partial charge in [-0.1, -0.05) is 37.3 Å².